The molecule has 0 spiro atoms. The average Bonchev–Trinajstić information content (AvgIpc) is 3.25. The molecule has 2 aromatic rings. The van der Waals surface area contributed by atoms with Gasteiger partial charge in [0.1, 0.15) is 11.6 Å². The van der Waals surface area contributed by atoms with Crippen molar-refractivity contribution in [3.05, 3.63) is 34.2 Å². The zero-order chi connectivity index (χ0) is 16.7. The molecule has 0 radical (unpaired) electrons. The third kappa shape index (κ3) is 2.69. The van der Waals surface area contributed by atoms with Crippen LogP contribution in [0.2, 0.25) is 0 Å². The van der Waals surface area contributed by atoms with Gasteiger partial charge in [-0.25, -0.2) is 4.98 Å². The number of nitrogens with zero attached hydrogens (tertiary/aromatic N) is 4. The highest BCUT2D eigenvalue weighted by molar-refractivity contribution is 5.23. The summed E-state index contributed by atoms with van der Waals surface area (Å²) < 4.78 is 7.95. The van der Waals surface area contributed by atoms with Crippen molar-refractivity contribution in [1.29, 1.82) is 0 Å². The van der Waals surface area contributed by atoms with Crippen LogP contribution in [0, 0.1) is 13.8 Å². The lowest BCUT2D eigenvalue weighted by molar-refractivity contribution is 0.310. The van der Waals surface area contributed by atoms with Crippen LogP contribution in [0.3, 0.4) is 0 Å². The summed E-state index contributed by atoms with van der Waals surface area (Å²) in [6.45, 7) is 9.58. The molecule has 0 aromatic carbocycles. The largest absolute Gasteiger partial charge is 0.361 e. The van der Waals surface area contributed by atoms with Gasteiger partial charge in [0.25, 0.3) is 0 Å². The second-order valence-corrected chi connectivity index (χ2v) is 7.32. The van der Waals surface area contributed by atoms with E-state index in [1.807, 2.05) is 6.92 Å². The molecule has 5 nitrogen and oxygen atoms in total. The van der Waals surface area contributed by atoms with Gasteiger partial charge in [-0.05, 0) is 52.4 Å². The summed E-state index contributed by atoms with van der Waals surface area (Å²) in [4.78, 5) is 7.41. The standard InChI is InChI=1S/C19H28N4O/c1-4-17-16(13(2)24-21-17)12-22-10-9-15(11-22)23-14(3)20-18-7-5-6-8-19(18)23/h15H,4-12H2,1-3H3/t15-/m0/s1. The molecule has 1 aliphatic carbocycles. The fourth-order valence-electron chi connectivity index (χ4n) is 4.49. The molecule has 1 atom stereocenters. The van der Waals surface area contributed by atoms with E-state index in [-0.39, 0.29) is 0 Å². The molecule has 1 aliphatic heterocycles. The van der Waals surface area contributed by atoms with E-state index in [4.69, 9.17) is 9.51 Å². The van der Waals surface area contributed by atoms with Gasteiger partial charge < -0.3 is 9.09 Å². The Hall–Kier alpha value is -1.62. The summed E-state index contributed by atoms with van der Waals surface area (Å²) in [6, 6.07) is 0.574. The quantitative estimate of drug-likeness (QED) is 0.863. The van der Waals surface area contributed by atoms with Gasteiger partial charge in [-0.1, -0.05) is 12.1 Å². The normalized spacial score (nSPS) is 21.4. The number of hydrogen-bond acceptors (Lipinski definition) is 4. The predicted molar refractivity (Wildman–Crippen MR) is 93.2 cm³/mol. The minimum Gasteiger partial charge on any atom is -0.361 e. The molecule has 0 amide bonds. The molecule has 1 fully saturated rings. The van der Waals surface area contributed by atoms with E-state index >= 15 is 0 Å². The number of aromatic nitrogens is 3. The van der Waals surface area contributed by atoms with Crippen molar-refractivity contribution in [2.75, 3.05) is 13.1 Å². The fourth-order valence-corrected chi connectivity index (χ4v) is 4.49. The smallest absolute Gasteiger partial charge is 0.138 e. The Morgan fingerprint density at radius 2 is 2.04 bits per heavy atom. The highest BCUT2D eigenvalue weighted by atomic mass is 16.5. The van der Waals surface area contributed by atoms with Gasteiger partial charge in [-0.2, -0.15) is 0 Å². The maximum atomic E-state index is 5.40. The van der Waals surface area contributed by atoms with Crippen molar-refractivity contribution in [1.82, 2.24) is 19.6 Å². The third-order valence-electron chi connectivity index (χ3n) is 5.74. The molecule has 24 heavy (non-hydrogen) atoms. The molecule has 0 saturated carbocycles. The van der Waals surface area contributed by atoms with Gasteiger partial charge in [0, 0.05) is 36.9 Å². The second kappa shape index (κ2) is 6.36. The van der Waals surface area contributed by atoms with Crippen LogP contribution >= 0.6 is 0 Å². The summed E-state index contributed by atoms with van der Waals surface area (Å²) >= 11 is 0. The molecule has 2 aliphatic rings. The van der Waals surface area contributed by atoms with E-state index in [1.54, 1.807) is 0 Å². The SMILES string of the molecule is CCc1noc(C)c1CN1CC[C@H](n2c(C)nc3c2CCCC3)C1. The van der Waals surface area contributed by atoms with E-state index in [2.05, 4.69) is 28.5 Å². The number of likely N-dealkylation sites (tertiary alicyclic amines) is 1. The summed E-state index contributed by atoms with van der Waals surface area (Å²) in [7, 11) is 0. The number of fused-ring (bicyclic) bond motifs is 1. The first-order chi connectivity index (χ1) is 11.7. The highest BCUT2D eigenvalue weighted by Gasteiger charge is 2.30. The van der Waals surface area contributed by atoms with E-state index in [9.17, 15) is 0 Å². The first kappa shape index (κ1) is 15.9. The zero-order valence-electron chi connectivity index (χ0n) is 15.1. The number of rotatable bonds is 4. The van der Waals surface area contributed by atoms with E-state index < -0.39 is 0 Å². The Morgan fingerprint density at radius 3 is 2.88 bits per heavy atom. The zero-order valence-corrected chi connectivity index (χ0v) is 15.1. The van der Waals surface area contributed by atoms with Gasteiger partial charge in [-0.15, -0.1) is 0 Å². The van der Waals surface area contributed by atoms with Gasteiger partial charge in [0.05, 0.1) is 11.4 Å². The van der Waals surface area contributed by atoms with Crippen molar-refractivity contribution < 1.29 is 4.52 Å². The molecular formula is C19H28N4O. The van der Waals surface area contributed by atoms with Crippen molar-refractivity contribution in [3.63, 3.8) is 0 Å². The summed E-state index contributed by atoms with van der Waals surface area (Å²) in [5.41, 5.74) is 5.29. The molecule has 130 valence electrons. The lowest BCUT2D eigenvalue weighted by atomic mass is 10.0. The first-order valence-corrected chi connectivity index (χ1v) is 9.40. The molecule has 5 heteroatoms. The van der Waals surface area contributed by atoms with Crippen molar-refractivity contribution >= 4 is 0 Å². The molecule has 1 saturated heterocycles. The Labute approximate surface area is 144 Å². The van der Waals surface area contributed by atoms with Crippen LogP contribution in [0.1, 0.15) is 66.5 Å². The molecule has 0 unspecified atom stereocenters. The lowest BCUT2D eigenvalue weighted by Crippen LogP contribution is -2.23. The van der Waals surface area contributed by atoms with Gasteiger partial charge in [0.2, 0.25) is 0 Å². The van der Waals surface area contributed by atoms with Crippen LogP contribution in [0.5, 0.6) is 0 Å². The Balaban J connectivity index is 1.51. The van der Waals surface area contributed by atoms with Crippen LogP contribution in [0.25, 0.3) is 0 Å². The number of aryl methyl sites for hydroxylation is 4. The Kier molecular flexibility index (Phi) is 4.21. The van der Waals surface area contributed by atoms with Crippen molar-refractivity contribution in [2.24, 2.45) is 0 Å². The minimum atomic E-state index is 0.574. The summed E-state index contributed by atoms with van der Waals surface area (Å²) in [5, 5.41) is 4.20. The van der Waals surface area contributed by atoms with Crippen molar-refractivity contribution in [2.45, 2.75) is 71.9 Å². The molecule has 0 bridgehead atoms. The lowest BCUT2D eigenvalue weighted by Gasteiger charge is -2.21. The third-order valence-corrected chi connectivity index (χ3v) is 5.74. The van der Waals surface area contributed by atoms with Crippen LogP contribution in [0.4, 0.5) is 0 Å². The van der Waals surface area contributed by atoms with E-state index in [1.165, 1.54) is 54.9 Å². The molecule has 3 heterocycles. The molecule has 4 rings (SSSR count). The van der Waals surface area contributed by atoms with Crippen LogP contribution in [0.15, 0.2) is 4.52 Å². The molecular weight excluding hydrogens is 300 g/mol. The minimum absolute atomic E-state index is 0.574. The van der Waals surface area contributed by atoms with Crippen LogP contribution in [-0.2, 0) is 25.8 Å². The van der Waals surface area contributed by atoms with Crippen LogP contribution in [-0.4, -0.2) is 32.7 Å². The maximum Gasteiger partial charge on any atom is 0.138 e. The number of hydrogen-bond donors (Lipinski definition) is 0. The average molecular weight is 328 g/mol. The Bertz CT molecular complexity index is 730. The van der Waals surface area contributed by atoms with Gasteiger partial charge in [0.15, 0.2) is 0 Å². The number of imidazole rings is 1. The Morgan fingerprint density at radius 1 is 1.21 bits per heavy atom. The van der Waals surface area contributed by atoms with E-state index in [0.717, 1.165) is 37.5 Å². The van der Waals surface area contributed by atoms with Gasteiger partial charge >= 0.3 is 0 Å². The monoisotopic (exact) mass is 328 g/mol. The van der Waals surface area contributed by atoms with E-state index in [0.29, 0.717) is 6.04 Å². The summed E-state index contributed by atoms with van der Waals surface area (Å²) in [6.07, 6.45) is 7.14. The van der Waals surface area contributed by atoms with Gasteiger partial charge in [-0.3, -0.25) is 4.90 Å². The van der Waals surface area contributed by atoms with Crippen molar-refractivity contribution in [3.8, 4) is 0 Å². The topological polar surface area (TPSA) is 47.1 Å². The predicted octanol–water partition coefficient (Wildman–Crippen LogP) is 3.38. The second-order valence-electron chi connectivity index (χ2n) is 7.32. The first-order valence-electron chi connectivity index (χ1n) is 9.40. The fraction of sp³-hybridized carbons (Fsp3) is 0.684. The molecule has 0 N–H and O–H groups in total. The molecule has 2 aromatic heterocycles. The summed E-state index contributed by atoms with van der Waals surface area (Å²) in [5.74, 6) is 2.19. The maximum absolute atomic E-state index is 5.40. The highest BCUT2D eigenvalue weighted by Crippen LogP contribution is 2.31. The van der Waals surface area contributed by atoms with Crippen LogP contribution < -0.4 is 0 Å².